The predicted molar refractivity (Wildman–Crippen MR) is 106 cm³/mol. The summed E-state index contributed by atoms with van der Waals surface area (Å²) in [6, 6.07) is 4.55. The second-order valence-electron chi connectivity index (χ2n) is 6.17. The van der Waals surface area contributed by atoms with Gasteiger partial charge in [0.15, 0.2) is 11.5 Å². The highest BCUT2D eigenvalue weighted by molar-refractivity contribution is 6.01. The number of aromatic hydroxyl groups is 1. The van der Waals surface area contributed by atoms with Crippen LogP contribution in [0.3, 0.4) is 0 Å². The van der Waals surface area contributed by atoms with E-state index in [-0.39, 0.29) is 23.1 Å². The Morgan fingerprint density at radius 2 is 1.96 bits per heavy atom. The maximum atomic E-state index is 12.4. The van der Waals surface area contributed by atoms with Gasteiger partial charge in [-0.2, -0.15) is 5.26 Å². The second kappa shape index (κ2) is 10.8. The quantitative estimate of drug-likeness (QED) is 0.174. The van der Waals surface area contributed by atoms with Crippen LogP contribution in [0.4, 0.5) is 10.5 Å². The lowest BCUT2D eigenvalue weighted by atomic mass is 10.1. The first-order chi connectivity index (χ1) is 13.3. The zero-order chi connectivity index (χ0) is 21.3. The third-order valence-electron chi connectivity index (χ3n) is 4.03. The zero-order valence-corrected chi connectivity index (χ0v) is 16.7. The molecule has 0 bridgehead atoms. The van der Waals surface area contributed by atoms with Crippen molar-refractivity contribution in [2.75, 3.05) is 18.8 Å². The second-order valence-corrected chi connectivity index (χ2v) is 6.17. The summed E-state index contributed by atoms with van der Waals surface area (Å²) in [5.41, 5.74) is 5.93. The lowest BCUT2D eigenvalue weighted by molar-refractivity contribution is -0.126. The molecule has 152 valence electrons. The minimum absolute atomic E-state index is 0.0641. The van der Waals surface area contributed by atoms with Gasteiger partial charge in [0.2, 0.25) is 0 Å². The SMILES string of the molecule is CCCC(C)OC(=O)Oc1cc(/C=C(\C#N)C(=O)N(CC)CC)cc(N)c1O. The van der Waals surface area contributed by atoms with Crippen molar-refractivity contribution in [3.05, 3.63) is 23.3 Å². The molecule has 28 heavy (non-hydrogen) atoms. The highest BCUT2D eigenvalue weighted by Gasteiger charge is 2.18. The van der Waals surface area contributed by atoms with Crippen molar-refractivity contribution in [2.24, 2.45) is 0 Å². The van der Waals surface area contributed by atoms with Crippen LogP contribution in [0.15, 0.2) is 17.7 Å². The van der Waals surface area contributed by atoms with E-state index in [4.69, 9.17) is 15.2 Å². The average Bonchev–Trinajstić information content (AvgIpc) is 2.64. The van der Waals surface area contributed by atoms with Crippen LogP contribution in [0.1, 0.15) is 46.1 Å². The Labute approximate surface area is 165 Å². The van der Waals surface area contributed by atoms with Gasteiger partial charge in [-0.15, -0.1) is 0 Å². The number of nitriles is 1. The highest BCUT2D eigenvalue weighted by Crippen LogP contribution is 2.34. The molecule has 0 fully saturated rings. The van der Waals surface area contributed by atoms with Crippen LogP contribution < -0.4 is 10.5 Å². The Morgan fingerprint density at radius 3 is 2.50 bits per heavy atom. The summed E-state index contributed by atoms with van der Waals surface area (Å²) >= 11 is 0. The molecule has 0 aromatic heterocycles. The van der Waals surface area contributed by atoms with Gasteiger partial charge < -0.3 is 25.2 Å². The van der Waals surface area contributed by atoms with Gasteiger partial charge in [-0.25, -0.2) is 4.79 Å². The summed E-state index contributed by atoms with van der Waals surface area (Å²) in [6.45, 7) is 8.23. The van der Waals surface area contributed by atoms with Crippen molar-refractivity contribution >= 4 is 23.8 Å². The van der Waals surface area contributed by atoms with Crippen LogP contribution in [0.2, 0.25) is 0 Å². The Balaban J connectivity index is 3.14. The van der Waals surface area contributed by atoms with Crippen LogP contribution in [0, 0.1) is 11.3 Å². The summed E-state index contributed by atoms with van der Waals surface area (Å²) in [4.78, 5) is 25.8. The summed E-state index contributed by atoms with van der Waals surface area (Å²) in [5.74, 6) is -1.06. The summed E-state index contributed by atoms with van der Waals surface area (Å²) in [7, 11) is 0. The van der Waals surface area contributed by atoms with Crippen molar-refractivity contribution in [3.63, 3.8) is 0 Å². The minimum Gasteiger partial charge on any atom is -0.503 e. The lowest BCUT2D eigenvalue weighted by Gasteiger charge is -2.18. The van der Waals surface area contributed by atoms with Gasteiger partial charge in [0.1, 0.15) is 17.7 Å². The Hall–Kier alpha value is -3.21. The van der Waals surface area contributed by atoms with E-state index in [1.807, 2.05) is 26.8 Å². The molecule has 0 radical (unpaired) electrons. The van der Waals surface area contributed by atoms with Crippen molar-refractivity contribution in [2.45, 2.75) is 46.6 Å². The van der Waals surface area contributed by atoms with Crippen LogP contribution >= 0.6 is 0 Å². The molecule has 0 aliphatic rings. The predicted octanol–water partition coefficient (Wildman–Crippen LogP) is 3.45. The smallest absolute Gasteiger partial charge is 0.503 e. The van der Waals surface area contributed by atoms with Gasteiger partial charge in [-0.1, -0.05) is 13.3 Å². The number of likely N-dealkylation sites (N-methyl/N-ethyl adjacent to an activating group) is 1. The van der Waals surface area contributed by atoms with E-state index in [9.17, 15) is 20.0 Å². The fourth-order valence-electron chi connectivity index (χ4n) is 2.55. The number of carbonyl (C=O) groups excluding carboxylic acids is 2. The number of amides is 1. The van der Waals surface area contributed by atoms with E-state index in [0.29, 0.717) is 25.1 Å². The standard InChI is InChI=1S/C20H27N3O5/c1-5-8-13(4)27-20(26)28-17-11-14(10-16(22)18(17)24)9-15(12-21)19(25)23(6-2)7-3/h9-11,13,24H,5-8,22H2,1-4H3/b15-9+. The number of carbonyl (C=O) groups is 2. The number of phenolic OH excluding ortho intramolecular Hbond substituents is 1. The molecule has 0 spiro atoms. The summed E-state index contributed by atoms with van der Waals surface area (Å²) in [5, 5.41) is 19.4. The molecule has 0 saturated heterocycles. The van der Waals surface area contributed by atoms with Crippen LogP contribution in [-0.4, -0.2) is 41.3 Å². The maximum absolute atomic E-state index is 12.4. The topological polar surface area (TPSA) is 126 Å². The molecular weight excluding hydrogens is 362 g/mol. The fraction of sp³-hybridized carbons (Fsp3) is 0.450. The number of anilines is 1. The van der Waals surface area contributed by atoms with Gasteiger partial charge in [-0.05, 0) is 51.0 Å². The van der Waals surface area contributed by atoms with E-state index >= 15 is 0 Å². The number of phenols is 1. The third kappa shape index (κ3) is 6.20. The Bertz CT molecular complexity index is 779. The Morgan fingerprint density at radius 1 is 1.32 bits per heavy atom. The zero-order valence-electron chi connectivity index (χ0n) is 16.7. The van der Waals surface area contributed by atoms with Crippen LogP contribution in [-0.2, 0) is 9.53 Å². The Kier molecular flexibility index (Phi) is 8.82. The minimum atomic E-state index is -0.975. The molecule has 1 aromatic rings. The van der Waals surface area contributed by atoms with Crippen LogP contribution in [0.5, 0.6) is 11.5 Å². The number of nitrogens with two attached hydrogens (primary N) is 1. The monoisotopic (exact) mass is 389 g/mol. The first kappa shape index (κ1) is 22.8. The molecule has 0 saturated carbocycles. The molecular formula is C20H27N3O5. The summed E-state index contributed by atoms with van der Waals surface area (Å²) < 4.78 is 10.1. The summed E-state index contributed by atoms with van der Waals surface area (Å²) in [6.07, 6.45) is 1.53. The molecule has 8 heteroatoms. The number of hydrogen-bond acceptors (Lipinski definition) is 7. The first-order valence-electron chi connectivity index (χ1n) is 9.19. The van der Waals surface area contributed by atoms with E-state index < -0.39 is 17.8 Å². The molecule has 0 heterocycles. The van der Waals surface area contributed by atoms with E-state index in [2.05, 4.69) is 0 Å². The normalized spacial score (nSPS) is 12.0. The van der Waals surface area contributed by atoms with E-state index in [1.54, 1.807) is 6.92 Å². The van der Waals surface area contributed by atoms with Crippen molar-refractivity contribution in [3.8, 4) is 17.6 Å². The molecule has 1 atom stereocenters. The van der Waals surface area contributed by atoms with Gasteiger partial charge in [0, 0.05) is 13.1 Å². The van der Waals surface area contributed by atoms with Crippen molar-refractivity contribution < 1.29 is 24.2 Å². The van der Waals surface area contributed by atoms with E-state index in [1.165, 1.54) is 23.1 Å². The highest BCUT2D eigenvalue weighted by atomic mass is 16.7. The largest absolute Gasteiger partial charge is 0.514 e. The average molecular weight is 389 g/mol. The molecule has 1 unspecified atom stereocenters. The molecule has 0 aliphatic carbocycles. The maximum Gasteiger partial charge on any atom is 0.514 e. The van der Waals surface area contributed by atoms with Crippen molar-refractivity contribution in [1.82, 2.24) is 4.90 Å². The molecule has 3 N–H and O–H groups in total. The number of nitrogens with zero attached hydrogens (tertiary/aromatic N) is 2. The molecule has 1 amide bonds. The van der Waals surface area contributed by atoms with Crippen molar-refractivity contribution in [1.29, 1.82) is 5.26 Å². The number of rotatable bonds is 8. The van der Waals surface area contributed by atoms with E-state index in [0.717, 1.165) is 6.42 Å². The molecule has 8 nitrogen and oxygen atoms in total. The van der Waals surface area contributed by atoms with Gasteiger partial charge in [0.25, 0.3) is 5.91 Å². The van der Waals surface area contributed by atoms with Gasteiger partial charge in [-0.3, -0.25) is 4.79 Å². The molecule has 1 rings (SSSR count). The van der Waals surface area contributed by atoms with Crippen LogP contribution in [0.25, 0.3) is 6.08 Å². The first-order valence-corrected chi connectivity index (χ1v) is 9.19. The number of hydrogen-bond donors (Lipinski definition) is 2. The number of benzene rings is 1. The third-order valence-corrected chi connectivity index (χ3v) is 4.03. The molecule has 1 aromatic carbocycles. The lowest BCUT2D eigenvalue weighted by Crippen LogP contribution is -2.31. The number of nitrogen functional groups attached to an aromatic ring is 1. The van der Waals surface area contributed by atoms with Gasteiger partial charge in [0.05, 0.1) is 5.69 Å². The number of ether oxygens (including phenoxy) is 2. The fourth-order valence-corrected chi connectivity index (χ4v) is 2.55. The van der Waals surface area contributed by atoms with Gasteiger partial charge >= 0.3 is 6.16 Å². The molecule has 0 aliphatic heterocycles.